The molecule has 0 unspecified atom stereocenters. The van der Waals surface area contributed by atoms with Crippen molar-refractivity contribution in [3.63, 3.8) is 0 Å². The van der Waals surface area contributed by atoms with Gasteiger partial charge in [-0.15, -0.1) is 0 Å². The number of rotatable bonds is 8. The quantitative estimate of drug-likeness (QED) is 0.636. The molecule has 27 heavy (non-hydrogen) atoms. The van der Waals surface area contributed by atoms with Crippen molar-refractivity contribution >= 4 is 23.5 Å². The summed E-state index contributed by atoms with van der Waals surface area (Å²) in [5.74, 6) is -1.14. The highest BCUT2D eigenvalue weighted by Gasteiger charge is 2.28. The molecule has 4 amide bonds. The third-order valence-electron chi connectivity index (χ3n) is 3.40. The second-order valence-corrected chi connectivity index (χ2v) is 5.92. The van der Waals surface area contributed by atoms with Crippen molar-refractivity contribution < 1.29 is 27.6 Å². The first kappa shape index (κ1) is 22.4. The molecule has 150 valence electrons. The van der Waals surface area contributed by atoms with Gasteiger partial charge >= 0.3 is 12.2 Å². The van der Waals surface area contributed by atoms with Crippen molar-refractivity contribution in [1.82, 2.24) is 15.5 Å². The van der Waals surface area contributed by atoms with E-state index in [4.69, 9.17) is 0 Å². The molecule has 1 aromatic rings. The number of benzene rings is 1. The number of nitrogens with one attached hydrogen (secondary N) is 3. The van der Waals surface area contributed by atoms with E-state index in [1.54, 1.807) is 17.4 Å². The van der Waals surface area contributed by atoms with Gasteiger partial charge in [-0.25, -0.2) is 4.79 Å². The molecule has 0 bridgehead atoms. The smallest absolute Gasteiger partial charge is 0.329 e. The van der Waals surface area contributed by atoms with E-state index in [0.717, 1.165) is 5.56 Å². The van der Waals surface area contributed by atoms with Crippen LogP contribution in [-0.4, -0.2) is 55.1 Å². The molecule has 0 aliphatic rings. The number of amides is 4. The van der Waals surface area contributed by atoms with Crippen LogP contribution in [0, 0.1) is 6.92 Å². The Morgan fingerprint density at radius 2 is 1.70 bits per heavy atom. The molecule has 0 radical (unpaired) electrons. The summed E-state index contributed by atoms with van der Waals surface area (Å²) in [7, 11) is 0. The largest absolute Gasteiger partial charge is 0.405 e. The third kappa shape index (κ3) is 9.59. The molecule has 0 spiro atoms. The predicted octanol–water partition coefficient (Wildman–Crippen LogP) is 2.03. The highest BCUT2D eigenvalue weighted by atomic mass is 19.4. The summed E-state index contributed by atoms with van der Waals surface area (Å²) in [6.45, 7) is 2.16. The Hall–Kier alpha value is -2.62. The van der Waals surface area contributed by atoms with Crippen LogP contribution >= 0.6 is 0 Å². The summed E-state index contributed by atoms with van der Waals surface area (Å²) in [6, 6.07) is 5.96. The van der Waals surface area contributed by atoms with E-state index in [1.165, 1.54) is 4.90 Å². The van der Waals surface area contributed by atoms with Crippen LogP contribution in [0.4, 0.5) is 23.7 Å². The van der Waals surface area contributed by atoms with Crippen LogP contribution in [0.25, 0.3) is 0 Å². The van der Waals surface area contributed by atoms with Crippen LogP contribution in [0.1, 0.15) is 18.9 Å². The van der Waals surface area contributed by atoms with Gasteiger partial charge in [0.05, 0.1) is 13.1 Å². The molecule has 10 heteroatoms. The van der Waals surface area contributed by atoms with Gasteiger partial charge in [-0.1, -0.05) is 25.1 Å². The van der Waals surface area contributed by atoms with E-state index in [9.17, 15) is 27.6 Å². The van der Waals surface area contributed by atoms with Crippen molar-refractivity contribution in [3.05, 3.63) is 29.8 Å². The summed E-state index contributed by atoms with van der Waals surface area (Å²) in [5.41, 5.74) is 1.53. The maximum atomic E-state index is 12.2. The molecule has 0 fully saturated rings. The monoisotopic (exact) mass is 388 g/mol. The Morgan fingerprint density at radius 3 is 2.30 bits per heavy atom. The van der Waals surface area contributed by atoms with Gasteiger partial charge in [0.25, 0.3) is 0 Å². The number of carbonyl (C=O) groups excluding carboxylic acids is 3. The average molecular weight is 388 g/mol. The Bertz CT molecular complexity index is 665. The number of carbonyl (C=O) groups is 3. The lowest BCUT2D eigenvalue weighted by atomic mass is 10.2. The second kappa shape index (κ2) is 10.5. The molecule has 3 N–H and O–H groups in total. The standard InChI is InChI=1S/C17H23F3N4O3/c1-3-8-24(9-14(25)22-13-7-5-4-6-12(13)2)10-15(26)23-16(27)21-11-17(18,19)20/h4-7H,3,8-11H2,1-2H3,(H,22,25)(H2,21,23,26,27). The normalized spacial score (nSPS) is 11.2. The maximum Gasteiger partial charge on any atom is 0.405 e. The lowest BCUT2D eigenvalue weighted by Gasteiger charge is -2.20. The Morgan fingerprint density at radius 1 is 1.07 bits per heavy atom. The number of alkyl halides is 3. The summed E-state index contributed by atoms with van der Waals surface area (Å²) in [6.07, 6.45) is -3.92. The molecular weight excluding hydrogens is 365 g/mol. The molecule has 1 aromatic carbocycles. The highest BCUT2D eigenvalue weighted by molar-refractivity contribution is 5.96. The molecule has 0 atom stereocenters. The van der Waals surface area contributed by atoms with Crippen LogP contribution in [0.2, 0.25) is 0 Å². The first-order chi connectivity index (χ1) is 12.6. The number of aryl methyl sites for hydroxylation is 1. The lowest BCUT2D eigenvalue weighted by molar-refractivity contribution is -0.125. The first-order valence-electron chi connectivity index (χ1n) is 8.33. The SMILES string of the molecule is CCCN(CC(=O)NC(=O)NCC(F)(F)F)CC(=O)Nc1ccccc1C. The number of urea groups is 1. The van der Waals surface area contributed by atoms with E-state index in [-0.39, 0.29) is 19.0 Å². The second-order valence-electron chi connectivity index (χ2n) is 5.92. The number of hydrogen-bond donors (Lipinski definition) is 3. The van der Waals surface area contributed by atoms with Gasteiger partial charge in [0.2, 0.25) is 11.8 Å². The Kier molecular flexibility index (Phi) is 8.73. The van der Waals surface area contributed by atoms with Gasteiger partial charge in [0.1, 0.15) is 6.54 Å². The van der Waals surface area contributed by atoms with Gasteiger partial charge in [-0.05, 0) is 31.5 Å². The molecular formula is C17H23F3N4O3. The fourth-order valence-corrected chi connectivity index (χ4v) is 2.23. The van der Waals surface area contributed by atoms with Crippen LogP contribution in [0.15, 0.2) is 24.3 Å². The number of para-hydroxylation sites is 1. The minimum Gasteiger partial charge on any atom is -0.329 e. The van der Waals surface area contributed by atoms with Crippen LogP contribution < -0.4 is 16.0 Å². The molecule has 0 heterocycles. The Balaban J connectivity index is 2.52. The predicted molar refractivity (Wildman–Crippen MR) is 94.1 cm³/mol. The van der Waals surface area contributed by atoms with Crippen LogP contribution in [0.5, 0.6) is 0 Å². The molecule has 0 saturated heterocycles. The van der Waals surface area contributed by atoms with E-state index >= 15 is 0 Å². The minimum absolute atomic E-state index is 0.0975. The molecule has 0 saturated carbocycles. The lowest BCUT2D eigenvalue weighted by Crippen LogP contribution is -2.47. The number of halogens is 3. The molecule has 0 aliphatic carbocycles. The number of anilines is 1. The fourth-order valence-electron chi connectivity index (χ4n) is 2.23. The molecule has 0 aliphatic heterocycles. The molecule has 1 rings (SSSR count). The van der Waals surface area contributed by atoms with Gasteiger partial charge < -0.3 is 10.6 Å². The zero-order chi connectivity index (χ0) is 20.4. The summed E-state index contributed by atoms with van der Waals surface area (Å²) in [5, 5.41) is 6.09. The zero-order valence-corrected chi connectivity index (χ0v) is 15.2. The number of imide groups is 1. The average Bonchev–Trinajstić information content (AvgIpc) is 2.54. The van der Waals surface area contributed by atoms with Gasteiger partial charge in [-0.3, -0.25) is 19.8 Å². The van der Waals surface area contributed by atoms with Gasteiger partial charge in [0, 0.05) is 5.69 Å². The van der Waals surface area contributed by atoms with Gasteiger partial charge in [-0.2, -0.15) is 13.2 Å². The van der Waals surface area contributed by atoms with Crippen molar-refractivity contribution in [2.24, 2.45) is 0 Å². The Labute approximate surface area is 155 Å². The maximum absolute atomic E-state index is 12.2. The summed E-state index contributed by atoms with van der Waals surface area (Å²) < 4.78 is 36.1. The van der Waals surface area contributed by atoms with Crippen molar-refractivity contribution in [2.75, 3.05) is 31.5 Å². The minimum atomic E-state index is -4.57. The van der Waals surface area contributed by atoms with E-state index < -0.39 is 24.7 Å². The molecule has 7 nitrogen and oxygen atoms in total. The zero-order valence-electron chi connectivity index (χ0n) is 15.2. The van der Waals surface area contributed by atoms with Crippen molar-refractivity contribution in [1.29, 1.82) is 0 Å². The van der Waals surface area contributed by atoms with Crippen molar-refractivity contribution in [3.8, 4) is 0 Å². The number of nitrogens with zero attached hydrogens (tertiary/aromatic N) is 1. The first-order valence-corrected chi connectivity index (χ1v) is 8.33. The molecule has 0 aromatic heterocycles. The van der Waals surface area contributed by atoms with E-state index in [1.807, 2.05) is 31.3 Å². The highest BCUT2D eigenvalue weighted by Crippen LogP contribution is 2.13. The van der Waals surface area contributed by atoms with E-state index in [0.29, 0.717) is 18.7 Å². The van der Waals surface area contributed by atoms with Gasteiger partial charge in [0.15, 0.2) is 0 Å². The number of hydrogen-bond acceptors (Lipinski definition) is 4. The summed E-state index contributed by atoms with van der Waals surface area (Å²) >= 11 is 0. The van der Waals surface area contributed by atoms with E-state index in [2.05, 4.69) is 5.32 Å². The van der Waals surface area contributed by atoms with Crippen LogP contribution in [-0.2, 0) is 9.59 Å². The fraction of sp³-hybridized carbons (Fsp3) is 0.471. The third-order valence-corrected chi connectivity index (χ3v) is 3.40. The van der Waals surface area contributed by atoms with Crippen molar-refractivity contribution in [2.45, 2.75) is 26.4 Å². The topological polar surface area (TPSA) is 90.5 Å². The van der Waals surface area contributed by atoms with Crippen LogP contribution in [0.3, 0.4) is 0 Å². The summed E-state index contributed by atoms with van der Waals surface area (Å²) in [4.78, 5) is 36.8.